The molecule has 8 heteroatoms. The molecule has 3 atom stereocenters. The lowest BCUT2D eigenvalue weighted by molar-refractivity contribution is -0.144. The summed E-state index contributed by atoms with van der Waals surface area (Å²) in [7, 11) is 0. The number of nitrogens with zero attached hydrogens (tertiary/aromatic N) is 1. The van der Waals surface area contributed by atoms with E-state index in [1.165, 1.54) is 6.21 Å². The summed E-state index contributed by atoms with van der Waals surface area (Å²) in [5, 5.41) is 9.37. The Kier molecular flexibility index (Phi) is 8.57. The number of nitrogens with one attached hydrogen (secondary N) is 2. The van der Waals surface area contributed by atoms with Crippen LogP contribution in [0, 0.1) is 11.8 Å². The molecule has 3 rings (SSSR count). The van der Waals surface area contributed by atoms with Gasteiger partial charge in [0.2, 0.25) is 11.8 Å². The van der Waals surface area contributed by atoms with Crippen molar-refractivity contribution in [1.29, 1.82) is 0 Å². The smallest absolute Gasteiger partial charge is 0.308 e. The molecule has 1 aliphatic rings. The number of rotatable bonds is 9. The third kappa shape index (κ3) is 6.65. The van der Waals surface area contributed by atoms with Crippen LogP contribution in [-0.2, 0) is 19.1 Å². The van der Waals surface area contributed by atoms with Crippen LogP contribution in [0.4, 0.5) is 5.69 Å². The molecule has 4 N–H and O–H groups in total. The van der Waals surface area contributed by atoms with Gasteiger partial charge in [-0.25, -0.2) is 0 Å². The van der Waals surface area contributed by atoms with E-state index < -0.39 is 17.9 Å². The minimum Gasteiger partial charge on any atom is -0.466 e. The predicted octanol–water partition coefficient (Wildman–Crippen LogP) is 3.14. The van der Waals surface area contributed by atoms with E-state index >= 15 is 0 Å². The first-order valence-electron chi connectivity index (χ1n) is 11.2. The van der Waals surface area contributed by atoms with E-state index in [1.54, 1.807) is 31.2 Å². The molecule has 174 valence electrons. The zero-order chi connectivity index (χ0) is 23.6. The quantitative estimate of drug-likeness (QED) is 0.234. The number of carbonyl (C=O) groups is 3. The molecule has 0 heterocycles. The van der Waals surface area contributed by atoms with E-state index in [1.807, 2.05) is 30.3 Å². The number of hydrazone groups is 1. The first kappa shape index (κ1) is 24.0. The van der Waals surface area contributed by atoms with Crippen LogP contribution >= 0.6 is 0 Å². The van der Waals surface area contributed by atoms with Crippen molar-refractivity contribution in [3.05, 3.63) is 65.7 Å². The van der Waals surface area contributed by atoms with Crippen molar-refractivity contribution in [3.8, 4) is 0 Å². The molecule has 0 saturated heterocycles. The number of carbonyl (C=O) groups excluding carboxylic acids is 3. The van der Waals surface area contributed by atoms with Crippen LogP contribution in [-0.4, -0.2) is 30.6 Å². The van der Waals surface area contributed by atoms with Crippen LogP contribution in [0.3, 0.4) is 0 Å². The van der Waals surface area contributed by atoms with Crippen LogP contribution in [0.25, 0.3) is 0 Å². The van der Waals surface area contributed by atoms with Gasteiger partial charge in [0, 0.05) is 17.5 Å². The summed E-state index contributed by atoms with van der Waals surface area (Å²) in [5.41, 5.74) is 2.28. The summed E-state index contributed by atoms with van der Waals surface area (Å²) in [5.74, 6) is 3.48. The molecule has 0 aliphatic heterocycles. The Hall–Kier alpha value is -3.68. The molecule has 1 fully saturated rings. The maximum absolute atomic E-state index is 13.2. The van der Waals surface area contributed by atoms with Gasteiger partial charge in [0.05, 0.1) is 25.3 Å². The van der Waals surface area contributed by atoms with Crippen LogP contribution in [0.2, 0.25) is 0 Å². The van der Waals surface area contributed by atoms with Gasteiger partial charge in [-0.2, -0.15) is 5.10 Å². The Morgan fingerprint density at radius 1 is 1.06 bits per heavy atom. The summed E-state index contributed by atoms with van der Waals surface area (Å²) in [6.07, 6.45) is 3.59. The highest BCUT2D eigenvalue weighted by molar-refractivity contribution is 5.96. The number of hydrogen-bond acceptors (Lipinski definition) is 6. The van der Waals surface area contributed by atoms with Gasteiger partial charge in [0.15, 0.2) is 0 Å². The lowest BCUT2D eigenvalue weighted by atomic mass is 9.93. The molecule has 0 radical (unpaired) electrons. The van der Waals surface area contributed by atoms with Gasteiger partial charge in [-0.1, -0.05) is 48.9 Å². The van der Waals surface area contributed by atoms with E-state index in [9.17, 15) is 14.4 Å². The molecule has 8 nitrogen and oxygen atoms in total. The van der Waals surface area contributed by atoms with Crippen molar-refractivity contribution in [2.45, 2.75) is 38.6 Å². The molecule has 2 aromatic carbocycles. The van der Waals surface area contributed by atoms with Gasteiger partial charge in [0.1, 0.15) is 0 Å². The van der Waals surface area contributed by atoms with Gasteiger partial charge in [-0.05, 0) is 43.0 Å². The van der Waals surface area contributed by atoms with Gasteiger partial charge in [-0.3, -0.25) is 14.4 Å². The number of benzene rings is 2. The van der Waals surface area contributed by atoms with Crippen LogP contribution in [0.1, 0.15) is 49.8 Å². The van der Waals surface area contributed by atoms with Crippen LogP contribution < -0.4 is 16.5 Å². The third-order valence-corrected chi connectivity index (χ3v) is 5.79. The molecule has 3 unspecified atom stereocenters. The molecule has 0 bridgehead atoms. The fourth-order valence-corrected chi connectivity index (χ4v) is 4.16. The van der Waals surface area contributed by atoms with Crippen molar-refractivity contribution in [1.82, 2.24) is 5.32 Å². The van der Waals surface area contributed by atoms with E-state index in [0.29, 0.717) is 18.5 Å². The van der Waals surface area contributed by atoms with E-state index in [4.69, 9.17) is 10.6 Å². The number of amides is 2. The van der Waals surface area contributed by atoms with Gasteiger partial charge in [0.25, 0.3) is 0 Å². The average Bonchev–Trinajstić information content (AvgIpc) is 3.31. The molecule has 1 saturated carbocycles. The van der Waals surface area contributed by atoms with Crippen molar-refractivity contribution in [3.63, 3.8) is 0 Å². The largest absolute Gasteiger partial charge is 0.466 e. The van der Waals surface area contributed by atoms with Crippen LogP contribution in [0.15, 0.2) is 59.7 Å². The second-order valence-electron chi connectivity index (χ2n) is 8.01. The Morgan fingerprint density at radius 3 is 2.36 bits per heavy atom. The highest BCUT2D eigenvalue weighted by atomic mass is 16.5. The topological polar surface area (TPSA) is 123 Å². The van der Waals surface area contributed by atoms with Gasteiger partial charge < -0.3 is 21.2 Å². The Bertz CT molecular complexity index is 976. The lowest BCUT2D eigenvalue weighted by Crippen LogP contribution is -2.39. The standard InChI is InChI=1S/C25H30N4O4/c1-2-33-23(30)15-22(18-7-4-3-5-8-18)29-25(32)21-10-6-9-20(21)24(31)28-19-13-11-17(12-14-19)16-27-26/h3-5,7-8,11-14,16,20-22H,2,6,9-10,15,26H2,1H3,(H,28,31)(H,29,32). The zero-order valence-corrected chi connectivity index (χ0v) is 18.7. The number of anilines is 1. The second-order valence-corrected chi connectivity index (χ2v) is 8.01. The van der Waals surface area contributed by atoms with Crippen molar-refractivity contribution in [2.24, 2.45) is 22.8 Å². The minimum absolute atomic E-state index is 0.0334. The number of ether oxygens (including phenoxy) is 1. The Morgan fingerprint density at radius 2 is 1.73 bits per heavy atom. The maximum Gasteiger partial charge on any atom is 0.308 e. The lowest BCUT2D eigenvalue weighted by Gasteiger charge is -2.23. The minimum atomic E-state index is -0.515. The highest BCUT2D eigenvalue weighted by Crippen LogP contribution is 2.34. The average molecular weight is 451 g/mol. The fraction of sp³-hybridized carbons (Fsp3) is 0.360. The molecular weight excluding hydrogens is 420 g/mol. The first-order chi connectivity index (χ1) is 16.0. The zero-order valence-electron chi connectivity index (χ0n) is 18.7. The molecule has 2 aromatic rings. The number of nitrogens with two attached hydrogens (primary N) is 1. The number of hydrogen-bond donors (Lipinski definition) is 3. The highest BCUT2D eigenvalue weighted by Gasteiger charge is 2.38. The Labute approximate surface area is 193 Å². The first-order valence-corrected chi connectivity index (χ1v) is 11.2. The van der Waals surface area contributed by atoms with Crippen LogP contribution in [0.5, 0.6) is 0 Å². The predicted molar refractivity (Wildman–Crippen MR) is 126 cm³/mol. The van der Waals surface area contributed by atoms with E-state index in [-0.39, 0.29) is 30.8 Å². The van der Waals surface area contributed by atoms with Gasteiger partial charge in [-0.15, -0.1) is 0 Å². The Balaban J connectivity index is 1.67. The normalized spacial score (nSPS) is 18.6. The van der Waals surface area contributed by atoms with Crippen molar-refractivity contribution in [2.75, 3.05) is 11.9 Å². The summed E-state index contributed by atoms with van der Waals surface area (Å²) in [6, 6.07) is 15.9. The van der Waals surface area contributed by atoms with E-state index in [0.717, 1.165) is 17.5 Å². The van der Waals surface area contributed by atoms with Gasteiger partial charge >= 0.3 is 5.97 Å². The molecule has 1 aliphatic carbocycles. The van der Waals surface area contributed by atoms with E-state index in [2.05, 4.69) is 15.7 Å². The fourth-order valence-electron chi connectivity index (χ4n) is 4.16. The van der Waals surface area contributed by atoms with Crippen molar-refractivity contribution < 1.29 is 19.1 Å². The summed E-state index contributed by atoms with van der Waals surface area (Å²) < 4.78 is 5.08. The molecule has 2 amide bonds. The monoisotopic (exact) mass is 450 g/mol. The molecular formula is C25H30N4O4. The van der Waals surface area contributed by atoms with Crippen molar-refractivity contribution >= 4 is 29.7 Å². The second kappa shape index (κ2) is 11.8. The third-order valence-electron chi connectivity index (χ3n) is 5.79. The number of esters is 1. The summed E-state index contributed by atoms with van der Waals surface area (Å²) in [6.45, 7) is 2.02. The summed E-state index contributed by atoms with van der Waals surface area (Å²) in [4.78, 5) is 38.2. The molecule has 0 aromatic heterocycles. The SMILES string of the molecule is CCOC(=O)CC(NC(=O)C1CCCC1C(=O)Nc1ccc(C=NN)cc1)c1ccccc1. The molecule has 0 spiro atoms. The summed E-state index contributed by atoms with van der Waals surface area (Å²) >= 11 is 0. The maximum atomic E-state index is 13.2. The molecule has 33 heavy (non-hydrogen) atoms.